The molecule has 0 radical (unpaired) electrons. The first-order valence-corrected chi connectivity index (χ1v) is 13.7. The molecule has 11 heteroatoms. The molecular formula is C28H28F3N3O4S. The number of hydrogen-bond donors (Lipinski definition) is 0. The van der Waals surface area contributed by atoms with Gasteiger partial charge in [-0.3, -0.25) is 4.90 Å². The Labute approximate surface area is 226 Å². The van der Waals surface area contributed by atoms with Crippen molar-refractivity contribution in [3.05, 3.63) is 95.1 Å². The van der Waals surface area contributed by atoms with Crippen LogP contribution in [0.4, 0.5) is 13.2 Å². The summed E-state index contributed by atoms with van der Waals surface area (Å²) in [7, 11) is -2.75. The van der Waals surface area contributed by atoms with Crippen molar-refractivity contribution < 1.29 is 31.1 Å². The fourth-order valence-corrected chi connectivity index (χ4v) is 6.05. The normalized spacial score (nSPS) is 16.0. The van der Waals surface area contributed by atoms with Crippen LogP contribution in [0, 0.1) is 11.3 Å². The Morgan fingerprint density at radius 1 is 0.974 bits per heavy atom. The zero-order valence-electron chi connectivity index (χ0n) is 21.3. The largest absolute Gasteiger partial charge is 0.497 e. The maximum atomic E-state index is 13.5. The first kappa shape index (κ1) is 28.6. The predicted molar refractivity (Wildman–Crippen MR) is 138 cm³/mol. The van der Waals surface area contributed by atoms with Crippen LogP contribution in [0.3, 0.4) is 0 Å². The maximum Gasteiger partial charge on any atom is 0.417 e. The Balaban J connectivity index is 1.46. The highest BCUT2D eigenvalue weighted by Gasteiger charge is 2.39. The molecule has 7 nitrogen and oxygen atoms in total. The minimum Gasteiger partial charge on any atom is -0.497 e. The van der Waals surface area contributed by atoms with E-state index in [4.69, 9.17) is 14.7 Å². The molecule has 0 saturated carbocycles. The average Bonchev–Trinajstić information content (AvgIpc) is 2.95. The SMILES string of the molecule is COc1cccc(C(CN2CCN(S(=O)(=O)c3ccccc3C(F)(F)F)CC2)OCc2ccc(C#N)cc2)c1. The molecule has 1 saturated heterocycles. The van der Waals surface area contributed by atoms with Gasteiger partial charge in [-0.1, -0.05) is 36.4 Å². The van der Waals surface area contributed by atoms with E-state index in [9.17, 15) is 21.6 Å². The Bertz CT molecular complexity index is 1410. The fourth-order valence-electron chi connectivity index (χ4n) is 4.42. The van der Waals surface area contributed by atoms with E-state index in [0.29, 0.717) is 30.9 Å². The van der Waals surface area contributed by atoms with Gasteiger partial charge in [0.25, 0.3) is 0 Å². The minimum atomic E-state index is -4.78. The van der Waals surface area contributed by atoms with Gasteiger partial charge in [-0.25, -0.2) is 8.42 Å². The molecule has 39 heavy (non-hydrogen) atoms. The molecule has 1 heterocycles. The number of hydrogen-bond acceptors (Lipinski definition) is 6. The smallest absolute Gasteiger partial charge is 0.417 e. The lowest BCUT2D eigenvalue weighted by atomic mass is 10.1. The van der Waals surface area contributed by atoms with Crippen LogP contribution < -0.4 is 4.74 Å². The number of piperazine rings is 1. The summed E-state index contributed by atoms with van der Waals surface area (Å²) in [5, 5.41) is 9.02. The topological polar surface area (TPSA) is 82.9 Å². The molecule has 0 aromatic heterocycles. The van der Waals surface area contributed by atoms with Crippen molar-refractivity contribution in [3.8, 4) is 11.8 Å². The molecule has 1 atom stereocenters. The summed E-state index contributed by atoms with van der Waals surface area (Å²) in [6.45, 7) is 1.48. The number of methoxy groups -OCH3 is 1. The summed E-state index contributed by atoms with van der Waals surface area (Å²) in [6.07, 6.45) is -5.16. The highest BCUT2D eigenvalue weighted by molar-refractivity contribution is 7.89. The van der Waals surface area contributed by atoms with Gasteiger partial charge in [0.1, 0.15) is 5.75 Å². The Morgan fingerprint density at radius 3 is 2.31 bits per heavy atom. The molecule has 1 aliphatic heterocycles. The molecular weight excluding hydrogens is 531 g/mol. The van der Waals surface area contributed by atoms with E-state index >= 15 is 0 Å². The van der Waals surface area contributed by atoms with Gasteiger partial charge in [0.05, 0.1) is 41.9 Å². The molecule has 0 N–H and O–H groups in total. The van der Waals surface area contributed by atoms with E-state index in [2.05, 4.69) is 6.07 Å². The van der Waals surface area contributed by atoms with Crippen molar-refractivity contribution in [1.29, 1.82) is 5.26 Å². The van der Waals surface area contributed by atoms with Crippen LogP contribution in [0.15, 0.2) is 77.7 Å². The molecule has 3 aromatic carbocycles. The van der Waals surface area contributed by atoms with Crippen LogP contribution in [0.1, 0.15) is 28.4 Å². The average molecular weight is 560 g/mol. The first-order valence-electron chi connectivity index (χ1n) is 12.2. The highest BCUT2D eigenvalue weighted by Crippen LogP contribution is 2.35. The van der Waals surface area contributed by atoms with Crippen LogP contribution >= 0.6 is 0 Å². The lowest BCUT2D eigenvalue weighted by Crippen LogP contribution is -2.49. The lowest BCUT2D eigenvalue weighted by Gasteiger charge is -2.36. The molecule has 1 fully saturated rings. The first-order chi connectivity index (χ1) is 18.6. The summed E-state index contributed by atoms with van der Waals surface area (Å²) in [6, 6.07) is 20.9. The molecule has 206 valence electrons. The van der Waals surface area contributed by atoms with Crippen LogP contribution in [0.2, 0.25) is 0 Å². The van der Waals surface area contributed by atoms with E-state index in [1.807, 2.05) is 41.3 Å². The molecule has 0 aliphatic carbocycles. The van der Waals surface area contributed by atoms with Crippen molar-refractivity contribution in [2.24, 2.45) is 0 Å². The van der Waals surface area contributed by atoms with Crippen molar-refractivity contribution in [3.63, 3.8) is 0 Å². The zero-order chi connectivity index (χ0) is 28.0. The Morgan fingerprint density at radius 2 is 1.67 bits per heavy atom. The van der Waals surface area contributed by atoms with Crippen molar-refractivity contribution in [2.75, 3.05) is 39.8 Å². The van der Waals surface area contributed by atoms with E-state index in [-0.39, 0.29) is 25.8 Å². The Hall–Kier alpha value is -3.43. The summed E-state index contributed by atoms with van der Waals surface area (Å²) < 4.78 is 79.4. The van der Waals surface area contributed by atoms with E-state index in [0.717, 1.165) is 27.6 Å². The fraction of sp³-hybridized carbons (Fsp3) is 0.321. The maximum absolute atomic E-state index is 13.5. The molecule has 3 aromatic rings. The van der Waals surface area contributed by atoms with Crippen LogP contribution in [-0.4, -0.2) is 57.5 Å². The van der Waals surface area contributed by atoms with E-state index in [1.165, 1.54) is 12.1 Å². The monoisotopic (exact) mass is 559 g/mol. The van der Waals surface area contributed by atoms with Gasteiger partial charge in [-0.15, -0.1) is 0 Å². The number of alkyl halides is 3. The number of ether oxygens (including phenoxy) is 2. The summed E-state index contributed by atoms with van der Waals surface area (Å²) >= 11 is 0. The number of nitrogens with zero attached hydrogens (tertiary/aromatic N) is 3. The van der Waals surface area contributed by atoms with Gasteiger partial charge < -0.3 is 9.47 Å². The molecule has 0 spiro atoms. The number of rotatable bonds is 9. The van der Waals surface area contributed by atoms with Crippen molar-refractivity contribution >= 4 is 10.0 Å². The second kappa shape index (κ2) is 12.2. The molecule has 1 aliphatic rings. The van der Waals surface area contributed by atoms with E-state index in [1.54, 1.807) is 19.2 Å². The summed E-state index contributed by atoms with van der Waals surface area (Å²) in [5.41, 5.74) is 1.15. The number of nitriles is 1. The highest BCUT2D eigenvalue weighted by atomic mass is 32.2. The van der Waals surface area contributed by atoms with Crippen molar-refractivity contribution in [2.45, 2.75) is 23.8 Å². The second-order valence-electron chi connectivity index (χ2n) is 9.08. The van der Waals surface area contributed by atoms with Crippen molar-refractivity contribution in [1.82, 2.24) is 9.21 Å². The van der Waals surface area contributed by atoms with E-state index < -0.39 is 26.7 Å². The quantitative estimate of drug-likeness (QED) is 0.373. The number of sulfonamides is 1. The van der Waals surface area contributed by atoms with Crippen LogP contribution in [0.25, 0.3) is 0 Å². The molecule has 0 bridgehead atoms. The van der Waals surface area contributed by atoms with Gasteiger partial charge in [0, 0.05) is 32.7 Å². The van der Waals surface area contributed by atoms with Gasteiger partial charge in [0.15, 0.2) is 0 Å². The summed E-state index contributed by atoms with van der Waals surface area (Å²) in [4.78, 5) is 1.30. The van der Waals surface area contributed by atoms with Gasteiger partial charge in [-0.2, -0.15) is 22.7 Å². The van der Waals surface area contributed by atoms with Crippen LogP contribution in [-0.2, 0) is 27.5 Å². The lowest BCUT2D eigenvalue weighted by molar-refractivity contribution is -0.139. The molecule has 1 unspecified atom stereocenters. The second-order valence-corrected chi connectivity index (χ2v) is 11.0. The third-order valence-electron chi connectivity index (χ3n) is 6.57. The number of halogens is 3. The zero-order valence-corrected chi connectivity index (χ0v) is 22.1. The number of benzene rings is 3. The third kappa shape index (κ3) is 6.96. The molecule has 4 rings (SSSR count). The van der Waals surface area contributed by atoms with Crippen LogP contribution in [0.5, 0.6) is 5.75 Å². The third-order valence-corrected chi connectivity index (χ3v) is 8.52. The minimum absolute atomic E-state index is 0.0506. The standard InChI is InChI=1S/C28H28F3N3O4S/c1-37-24-6-4-5-23(17-24)26(38-20-22-11-9-21(18-32)10-12-22)19-33-13-15-34(16-14-33)39(35,36)27-8-3-2-7-25(27)28(29,30)31/h2-12,17,26H,13-16,19-20H2,1H3. The molecule has 0 amide bonds. The predicted octanol–water partition coefficient (Wildman–Crippen LogP) is 4.85. The summed E-state index contributed by atoms with van der Waals surface area (Å²) in [5.74, 6) is 0.665. The van der Waals surface area contributed by atoms with Gasteiger partial charge >= 0.3 is 6.18 Å². The van der Waals surface area contributed by atoms with Gasteiger partial charge in [-0.05, 0) is 47.5 Å². The Kier molecular flexibility index (Phi) is 8.92. The van der Waals surface area contributed by atoms with Gasteiger partial charge in [0.2, 0.25) is 10.0 Å².